The van der Waals surface area contributed by atoms with Gasteiger partial charge in [-0.05, 0) is 0 Å². The molecule has 1 unspecified atom stereocenters. The van der Waals surface area contributed by atoms with Gasteiger partial charge in [-0.1, -0.05) is 0 Å². The van der Waals surface area contributed by atoms with E-state index in [0.717, 1.165) is 0 Å². The van der Waals surface area contributed by atoms with Gasteiger partial charge < -0.3 is 0 Å². The molecule has 95 valence electrons. The van der Waals surface area contributed by atoms with Gasteiger partial charge in [-0.15, -0.1) is 0 Å². The van der Waals surface area contributed by atoms with Crippen LogP contribution in [0.15, 0.2) is 42.8 Å². The summed E-state index contributed by atoms with van der Waals surface area (Å²) in [6.07, 6.45) is 6.20. The van der Waals surface area contributed by atoms with Crippen LogP contribution in [0.5, 0.6) is 0 Å². The fraction of sp³-hybridized carbons (Fsp3) is 0.529. The van der Waals surface area contributed by atoms with Gasteiger partial charge in [0.25, 0.3) is 0 Å². The SMILES string of the molecule is CCCC1=[C]([Zr])CC=C1C1=C(C)C(C)=C(C)C1C. The number of rotatable bonds is 3. The van der Waals surface area contributed by atoms with Crippen LogP contribution in [0.1, 0.15) is 53.9 Å². The van der Waals surface area contributed by atoms with Crippen LogP contribution in [0.3, 0.4) is 0 Å². The van der Waals surface area contributed by atoms with Crippen molar-refractivity contribution in [3.8, 4) is 0 Å². The zero-order valence-corrected chi connectivity index (χ0v) is 14.7. The van der Waals surface area contributed by atoms with Crippen LogP contribution in [-0.4, -0.2) is 0 Å². The first-order chi connectivity index (χ1) is 8.49. The average Bonchev–Trinajstić information content (AvgIpc) is 2.77. The van der Waals surface area contributed by atoms with Crippen molar-refractivity contribution in [3.63, 3.8) is 0 Å². The molecule has 1 atom stereocenters. The second kappa shape index (κ2) is 5.45. The van der Waals surface area contributed by atoms with E-state index in [-0.39, 0.29) is 0 Å². The minimum atomic E-state index is 0.616. The maximum atomic E-state index is 2.48. The predicted molar refractivity (Wildman–Crippen MR) is 74.9 cm³/mol. The Morgan fingerprint density at radius 2 is 1.89 bits per heavy atom. The van der Waals surface area contributed by atoms with Crippen LogP contribution >= 0.6 is 0 Å². The van der Waals surface area contributed by atoms with E-state index in [9.17, 15) is 0 Å². The zero-order valence-electron chi connectivity index (χ0n) is 12.3. The van der Waals surface area contributed by atoms with Gasteiger partial charge in [0.15, 0.2) is 0 Å². The summed E-state index contributed by atoms with van der Waals surface area (Å²) in [4.78, 5) is 0. The van der Waals surface area contributed by atoms with Crippen LogP contribution in [0.2, 0.25) is 0 Å². The fourth-order valence-electron chi connectivity index (χ4n) is 3.22. The minimum absolute atomic E-state index is 0.616. The molecule has 0 fully saturated rings. The second-order valence-electron chi connectivity index (χ2n) is 5.60. The molecule has 0 aliphatic heterocycles. The van der Waals surface area contributed by atoms with Crippen molar-refractivity contribution >= 4 is 0 Å². The van der Waals surface area contributed by atoms with Crippen molar-refractivity contribution in [2.75, 3.05) is 0 Å². The van der Waals surface area contributed by atoms with Crippen LogP contribution in [0.4, 0.5) is 0 Å². The van der Waals surface area contributed by atoms with Crippen LogP contribution < -0.4 is 0 Å². The van der Waals surface area contributed by atoms with E-state index < -0.39 is 0 Å². The van der Waals surface area contributed by atoms with Crippen LogP contribution in [0, 0.1) is 5.92 Å². The summed E-state index contributed by atoms with van der Waals surface area (Å²) >= 11 is 1.61. The Morgan fingerprint density at radius 3 is 2.39 bits per heavy atom. The molecule has 0 amide bonds. The van der Waals surface area contributed by atoms with E-state index in [0.29, 0.717) is 5.92 Å². The third-order valence-electron chi connectivity index (χ3n) is 4.63. The Morgan fingerprint density at radius 1 is 1.22 bits per heavy atom. The summed E-state index contributed by atoms with van der Waals surface area (Å²) in [5, 5.41) is 0. The molecule has 0 saturated heterocycles. The molecule has 2 rings (SSSR count). The summed E-state index contributed by atoms with van der Waals surface area (Å²) in [7, 11) is 0. The standard InChI is InChI=1S/C17H23.Zr/c1-6-8-15-9-7-10-16(15)17-13(4)11(2)12(3)14(17)5;/h10,13H,6-8H2,1-5H3;. The number of allylic oxidation sites excluding steroid dienone is 8. The summed E-state index contributed by atoms with van der Waals surface area (Å²) in [6.45, 7) is 11.6. The Hall–Kier alpha value is -0.157. The first kappa shape index (κ1) is 14.3. The molecular weight excluding hydrogens is 295 g/mol. The molecule has 0 spiro atoms. The summed E-state index contributed by atoms with van der Waals surface area (Å²) < 4.78 is 1.67. The summed E-state index contributed by atoms with van der Waals surface area (Å²) in [5.74, 6) is 0.616. The van der Waals surface area contributed by atoms with Crippen LogP contribution in [0.25, 0.3) is 0 Å². The third-order valence-corrected chi connectivity index (χ3v) is 5.87. The van der Waals surface area contributed by atoms with E-state index >= 15 is 0 Å². The third kappa shape index (κ3) is 2.20. The molecule has 0 saturated carbocycles. The first-order valence-electron chi connectivity index (χ1n) is 7.02. The van der Waals surface area contributed by atoms with Crippen molar-refractivity contribution in [1.82, 2.24) is 0 Å². The Kier molecular flexibility index (Phi) is 4.32. The van der Waals surface area contributed by atoms with Gasteiger partial charge in [0.1, 0.15) is 0 Å². The van der Waals surface area contributed by atoms with Crippen molar-refractivity contribution in [3.05, 3.63) is 42.8 Å². The van der Waals surface area contributed by atoms with Gasteiger partial charge in [-0.25, -0.2) is 0 Å². The van der Waals surface area contributed by atoms with Crippen molar-refractivity contribution in [2.45, 2.75) is 53.9 Å². The normalized spacial score (nSPS) is 24.4. The van der Waals surface area contributed by atoms with Crippen molar-refractivity contribution in [1.29, 1.82) is 0 Å². The molecule has 0 aromatic heterocycles. The van der Waals surface area contributed by atoms with Gasteiger partial charge in [-0.3, -0.25) is 0 Å². The number of hydrogen-bond acceptors (Lipinski definition) is 0. The first-order valence-corrected chi connectivity index (χ1v) is 8.24. The van der Waals surface area contributed by atoms with Gasteiger partial charge in [0, 0.05) is 0 Å². The molecular formula is C17H23Zr. The molecule has 0 bridgehead atoms. The molecule has 2 aliphatic carbocycles. The van der Waals surface area contributed by atoms with Gasteiger partial charge in [-0.2, -0.15) is 0 Å². The Labute approximate surface area is 127 Å². The Bertz CT molecular complexity index is 498. The van der Waals surface area contributed by atoms with Crippen molar-refractivity contribution < 1.29 is 24.7 Å². The van der Waals surface area contributed by atoms with E-state index in [1.165, 1.54) is 30.4 Å². The molecule has 0 heterocycles. The zero-order chi connectivity index (χ0) is 13.4. The van der Waals surface area contributed by atoms with E-state index in [1.807, 2.05) is 0 Å². The van der Waals surface area contributed by atoms with Crippen LogP contribution in [-0.2, 0) is 24.7 Å². The van der Waals surface area contributed by atoms with E-state index in [1.54, 1.807) is 50.3 Å². The molecule has 2 aliphatic rings. The molecule has 18 heavy (non-hydrogen) atoms. The van der Waals surface area contributed by atoms with Gasteiger partial charge in [0.05, 0.1) is 0 Å². The summed E-state index contributed by atoms with van der Waals surface area (Å²) in [5.41, 5.74) is 9.49. The second-order valence-corrected chi connectivity index (χ2v) is 7.08. The van der Waals surface area contributed by atoms with E-state index in [4.69, 9.17) is 0 Å². The monoisotopic (exact) mass is 317 g/mol. The quantitative estimate of drug-likeness (QED) is 0.669. The molecule has 0 aromatic rings. The number of hydrogen-bond donors (Lipinski definition) is 0. The Balaban J connectivity index is 2.41. The molecule has 1 heteroatoms. The maximum absolute atomic E-state index is 2.48. The predicted octanol–water partition coefficient (Wildman–Crippen LogP) is 5.22. The summed E-state index contributed by atoms with van der Waals surface area (Å²) in [6, 6.07) is 0. The molecule has 0 nitrogen and oxygen atoms in total. The van der Waals surface area contributed by atoms with Crippen molar-refractivity contribution in [2.24, 2.45) is 5.92 Å². The molecule has 0 radical (unpaired) electrons. The topological polar surface area (TPSA) is 0 Å². The van der Waals surface area contributed by atoms with E-state index in [2.05, 4.69) is 40.7 Å². The van der Waals surface area contributed by atoms with Gasteiger partial charge >= 0.3 is 127 Å². The fourth-order valence-corrected chi connectivity index (χ4v) is 4.11. The molecule has 0 N–H and O–H groups in total. The molecule has 0 aromatic carbocycles. The average molecular weight is 319 g/mol. The van der Waals surface area contributed by atoms with Gasteiger partial charge in [0.2, 0.25) is 0 Å².